The minimum Gasteiger partial charge on any atom is -0.309 e. The number of para-hydroxylation sites is 2. The Morgan fingerprint density at radius 2 is 0.833 bits per heavy atom. The van der Waals surface area contributed by atoms with Crippen LogP contribution in [0.2, 0.25) is 0 Å². The molecule has 0 spiro atoms. The topological polar surface area (TPSA) is 48.5 Å². The van der Waals surface area contributed by atoms with Crippen LogP contribution in [0.1, 0.15) is 0 Å². The van der Waals surface area contributed by atoms with E-state index >= 15 is 0 Å². The van der Waals surface area contributed by atoms with Crippen molar-refractivity contribution in [2.45, 2.75) is 0 Å². The molecule has 0 N–H and O–H groups in total. The highest BCUT2D eigenvalue weighted by Crippen LogP contribution is 2.42. The highest BCUT2D eigenvalue weighted by atomic mass is 15.0. The van der Waals surface area contributed by atoms with Gasteiger partial charge in [-0.3, -0.25) is 0 Å². The predicted molar refractivity (Wildman–Crippen MR) is 222 cm³/mol. The van der Waals surface area contributed by atoms with Crippen molar-refractivity contribution >= 4 is 54.4 Å². The zero-order valence-corrected chi connectivity index (χ0v) is 29.1. The van der Waals surface area contributed by atoms with Crippen LogP contribution in [-0.4, -0.2) is 24.1 Å². The van der Waals surface area contributed by atoms with Gasteiger partial charge in [0.05, 0.1) is 22.1 Å². The van der Waals surface area contributed by atoms with Crippen molar-refractivity contribution < 1.29 is 0 Å². The molecule has 0 aliphatic carbocycles. The molecule has 3 heterocycles. The van der Waals surface area contributed by atoms with Gasteiger partial charge in [0.1, 0.15) is 0 Å². The standard InChI is InChI=1S/C49H31N5/c1-4-16-33(17-5-1)47-50-48(34-18-6-2-7-19-34)52-49(51-47)35-20-14-23-37(29-35)54-42-26-13-12-25-39(42)40-30-41-45(31-44(40)54)53(36-21-8-3-9-22-36)43-28-27-32-15-10-11-24-38(32)46(41)43/h1-31H. The quantitative estimate of drug-likeness (QED) is 0.181. The fourth-order valence-electron chi connectivity index (χ4n) is 8.10. The first kappa shape index (κ1) is 30.3. The van der Waals surface area contributed by atoms with Crippen LogP contribution in [0.4, 0.5) is 0 Å². The van der Waals surface area contributed by atoms with Crippen LogP contribution in [-0.2, 0) is 0 Å². The van der Waals surface area contributed by atoms with E-state index in [9.17, 15) is 0 Å². The van der Waals surface area contributed by atoms with E-state index < -0.39 is 0 Å². The maximum atomic E-state index is 5.05. The molecule has 11 rings (SSSR count). The molecule has 0 radical (unpaired) electrons. The molecule has 0 aliphatic rings. The van der Waals surface area contributed by atoms with Crippen LogP contribution in [0.15, 0.2) is 188 Å². The second-order valence-corrected chi connectivity index (χ2v) is 13.7. The van der Waals surface area contributed by atoms with E-state index in [0.717, 1.165) is 44.6 Å². The Labute approximate surface area is 311 Å². The van der Waals surface area contributed by atoms with Gasteiger partial charge in [-0.25, -0.2) is 15.0 Å². The van der Waals surface area contributed by atoms with Crippen molar-refractivity contribution in [1.29, 1.82) is 0 Å². The lowest BCUT2D eigenvalue weighted by Crippen LogP contribution is -2.01. The van der Waals surface area contributed by atoms with E-state index in [-0.39, 0.29) is 0 Å². The molecule has 0 saturated heterocycles. The number of hydrogen-bond donors (Lipinski definition) is 0. The molecule has 0 aliphatic heterocycles. The van der Waals surface area contributed by atoms with Crippen molar-refractivity contribution in [2.75, 3.05) is 0 Å². The number of fused-ring (bicyclic) bond motifs is 8. The summed E-state index contributed by atoms with van der Waals surface area (Å²) >= 11 is 0. The normalized spacial score (nSPS) is 11.7. The molecule has 0 bridgehead atoms. The van der Waals surface area contributed by atoms with Crippen LogP contribution in [0, 0.1) is 0 Å². The maximum absolute atomic E-state index is 5.05. The smallest absolute Gasteiger partial charge is 0.164 e. The molecule has 5 heteroatoms. The van der Waals surface area contributed by atoms with Crippen LogP contribution < -0.4 is 0 Å². The van der Waals surface area contributed by atoms with Gasteiger partial charge in [-0.15, -0.1) is 0 Å². The monoisotopic (exact) mass is 689 g/mol. The van der Waals surface area contributed by atoms with Crippen molar-refractivity contribution in [2.24, 2.45) is 0 Å². The molecule has 252 valence electrons. The van der Waals surface area contributed by atoms with E-state index in [1.165, 1.54) is 37.8 Å². The Morgan fingerprint density at radius 1 is 0.296 bits per heavy atom. The van der Waals surface area contributed by atoms with Gasteiger partial charge in [-0.05, 0) is 59.3 Å². The highest BCUT2D eigenvalue weighted by Gasteiger charge is 2.20. The Bertz CT molecular complexity index is 3140. The van der Waals surface area contributed by atoms with Crippen molar-refractivity contribution in [3.05, 3.63) is 188 Å². The summed E-state index contributed by atoms with van der Waals surface area (Å²) < 4.78 is 4.80. The second kappa shape index (κ2) is 12.1. The number of hydrogen-bond acceptors (Lipinski definition) is 3. The van der Waals surface area contributed by atoms with E-state index in [1.807, 2.05) is 60.7 Å². The van der Waals surface area contributed by atoms with Crippen LogP contribution >= 0.6 is 0 Å². The molecule has 0 unspecified atom stereocenters. The molecule has 11 aromatic rings. The fourth-order valence-corrected chi connectivity index (χ4v) is 8.10. The zero-order valence-electron chi connectivity index (χ0n) is 29.1. The van der Waals surface area contributed by atoms with E-state index in [1.54, 1.807) is 0 Å². The summed E-state index contributed by atoms with van der Waals surface area (Å²) in [6.07, 6.45) is 0. The Morgan fingerprint density at radius 3 is 1.56 bits per heavy atom. The summed E-state index contributed by atoms with van der Waals surface area (Å²) in [7, 11) is 0. The van der Waals surface area contributed by atoms with Gasteiger partial charge in [-0.1, -0.05) is 140 Å². The molecular weight excluding hydrogens is 659 g/mol. The summed E-state index contributed by atoms with van der Waals surface area (Å²) in [4.78, 5) is 15.0. The van der Waals surface area contributed by atoms with Crippen molar-refractivity contribution in [1.82, 2.24) is 24.1 Å². The first-order valence-corrected chi connectivity index (χ1v) is 18.2. The lowest BCUT2D eigenvalue weighted by atomic mass is 10.0. The molecule has 0 atom stereocenters. The summed E-state index contributed by atoms with van der Waals surface area (Å²) in [5, 5.41) is 7.42. The van der Waals surface area contributed by atoms with E-state index in [2.05, 4.69) is 137 Å². The molecule has 3 aromatic heterocycles. The Kier molecular flexibility index (Phi) is 6.79. The summed E-state index contributed by atoms with van der Waals surface area (Å²) in [6, 6.07) is 66.2. The average molecular weight is 690 g/mol. The Balaban J connectivity index is 1.18. The van der Waals surface area contributed by atoms with Gasteiger partial charge in [0.2, 0.25) is 0 Å². The van der Waals surface area contributed by atoms with Gasteiger partial charge in [0.15, 0.2) is 17.5 Å². The Hall–Kier alpha value is -7.37. The molecule has 5 nitrogen and oxygen atoms in total. The molecule has 54 heavy (non-hydrogen) atoms. The summed E-state index contributed by atoms with van der Waals surface area (Å²) in [5.41, 5.74) is 9.62. The van der Waals surface area contributed by atoms with E-state index in [4.69, 9.17) is 15.0 Å². The lowest BCUT2D eigenvalue weighted by molar-refractivity contribution is 1.07. The summed E-state index contributed by atoms with van der Waals surface area (Å²) in [6.45, 7) is 0. The minimum absolute atomic E-state index is 0.629. The number of rotatable bonds is 5. The largest absolute Gasteiger partial charge is 0.309 e. The third-order valence-electron chi connectivity index (χ3n) is 10.5. The summed E-state index contributed by atoms with van der Waals surface area (Å²) in [5.74, 6) is 1.92. The molecule has 8 aromatic carbocycles. The maximum Gasteiger partial charge on any atom is 0.164 e. The third-order valence-corrected chi connectivity index (χ3v) is 10.5. The van der Waals surface area contributed by atoms with Gasteiger partial charge in [0, 0.05) is 49.6 Å². The first-order valence-electron chi connectivity index (χ1n) is 18.2. The first-order chi connectivity index (χ1) is 26.8. The number of aromatic nitrogens is 5. The van der Waals surface area contributed by atoms with E-state index in [0.29, 0.717) is 17.5 Å². The lowest BCUT2D eigenvalue weighted by Gasteiger charge is -2.12. The van der Waals surface area contributed by atoms with Crippen molar-refractivity contribution in [3.63, 3.8) is 0 Å². The van der Waals surface area contributed by atoms with Crippen LogP contribution in [0.3, 0.4) is 0 Å². The molecule has 0 fully saturated rings. The van der Waals surface area contributed by atoms with Gasteiger partial charge < -0.3 is 9.13 Å². The molecule has 0 amide bonds. The molecule has 0 saturated carbocycles. The molecular formula is C49H31N5. The number of nitrogens with zero attached hydrogens (tertiary/aromatic N) is 5. The predicted octanol–water partition coefficient (Wildman–Crippen LogP) is 12.2. The van der Waals surface area contributed by atoms with Gasteiger partial charge in [0.25, 0.3) is 0 Å². The highest BCUT2D eigenvalue weighted by molar-refractivity contribution is 6.25. The zero-order chi connectivity index (χ0) is 35.6. The SMILES string of the molecule is c1ccc(-c2nc(-c3ccccc3)nc(-c3cccc(-n4c5ccccc5c5cc6c7c8ccccc8ccc7n(-c7ccccc7)c6cc54)c3)n2)cc1. The fraction of sp³-hybridized carbons (Fsp3) is 0. The van der Waals surface area contributed by atoms with Crippen LogP contribution in [0.25, 0.3) is 99.9 Å². The second-order valence-electron chi connectivity index (χ2n) is 13.7. The van der Waals surface area contributed by atoms with Crippen LogP contribution in [0.5, 0.6) is 0 Å². The average Bonchev–Trinajstić information content (AvgIpc) is 3.76. The number of benzene rings is 8. The van der Waals surface area contributed by atoms with Gasteiger partial charge >= 0.3 is 0 Å². The third kappa shape index (κ3) is 4.76. The van der Waals surface area contributed by atoms with Crippen molar-refractivity contribution in [3.8, 4) is 45.5 Å². The minimum atomic E-state index is 0.629. The van der Waals surface area contributed by atoms with Gasteiger partial charge in [-0.2, -0.15) is 0 Å².